The molecule has 0 aromatic heterocycles. The molecule has 0 saturated heterocycles. The van der Waals surface area contributed by atoms with E-state index in [1.807, 2.05) is 24.3 Å². The van der Waals surface area contributed by atoms with Crippen molar-refractivity contribution in [1.29, 1.82) is 0 Å². The number of carbonyl (C=O) groups excluding carboxylic acids is 2. The molecule has 7 heteroatoms. The molecule has 2 aromatic rings. The minimum Gasteiger partial charge on any atom is -0.493 e. The van der Waals surface area contributed by atoms with Crippen molar-refractivity contribution < 1.29 is 23.8 Å². The quantitative estimate of drug-likeness (QED) is 0.765. The second kappa shape index (κ2) is 8.21. The third kappa shape index (κ3) is 3.74. The lowest BCUT2D eigenvalue weighted by molar-refractivity contribution is -0.132. The van der Waals surface area contributed by atoms with Gasteiger partial charge in [-0.25, -0.2) is 0 Å². The molecule has 0 spiro atoms. The van der Waals surface area contributed by atoms with Crippen molar-refractivity contribution in [2.45, 2.75) is 19.6 Å². The van der Waals surface area contributed by atoms with Gasteiger partial charge >= 0.3 is 0 Å². The second-order valence-corrected chi connectivity index (χ2v) is 6.55. The maximum atomic E-state index is 12.9. The molecule has 0 saturated carbocycles. The Hall–Kier alpha value is -3.22. The van der Waals surface area contributed by atoms with E-state index >= 15 is 0 Å². The third-order valence-corrected chi connectivity index (χ3v) is 4.68. The maximum Gasteiger partial charge on any atom is 0.268 e. The monoisotopic (exact) mass is 384 g/mol. The number of likely N-dealkylation sites (N-methyl/N-ethyl adjacent to an activating group) is 1. The number of fused-ring (bicyclic) bond motifs is 1. The van der Waals surface area contributed by atoms with Crippen LogP contribution in [-0.2, 0) is 16.1 Å². The summed E-state index contributed by atoms with van der Waals surface area (Å²) in [4.78, 5) is 28.5. The first kappa shape index (κ1) is 19.5. The molecule has 1 unspecified atom stereocenters. The molecule has 0 bridgehead atoms. The fourth-order valence-corrected chi connectivity index (χ4v) is 3.20. The van der Waals surface area contributed by atoms with Crippen LogP contribution in [0.1, 0.15) is 12.5 Å². The van der Waals surface area contributed by atoms with Gasteiger partial charge in [-0.2, -0.15) is 0 Å². The van der Waals surface area contributed by atoms with Gasteiger partial charge in [0.05, 0.1) is 19.9 Å². The van der Waals surface area contributed by atoms with E-state index in [-0.39, 0.29) is 18.4 Å². The zero-order valence-corrected chi connectivity index (χ0v) is 16.5. The Kier molecular flexibility index (Phi) is 5.73. The zero-order valence-electron chi connectivity index (χ0n) is 16.5. The molecule has 3 rings (SSSR count). The standard InChI is InChI=1S/C21H24N2O5/c1-14-21(25)23(16-9-5-6-10-17(16)28-14)13-19(24)22(2)12-15-8-7-11-18(26-3)20(15)27-4/h5-11,14H,12-13H2,1-4H3. The smallest absolute Gasteiger partial charge is 0.268 e. The lowest BCUT2D eigenvalue weighted by Crippen LogP contribution is -2.48. The second-order valence-electron chi connectivity index (χ2n) is 6.55. The van der Waals surface area contributed by atoms with E-state index in [1.54, 1.807) is 51.3 Å². The van der Waals surface area contributed by atoms with E-state index in [1.165, 1.54) is 4.90 Å². The van der Waals surface area contributed by atoms with Crippen LogP contribution >= 0.6 is 0 Å². The lowest BCUT2D eigenvalue weighted by Gasteiger charge is -2.33. The Morgan fingerprint density at radius 2 is 1.89 bits per heavy atom. The molecule has 2 amide bonds. The van der Waals surface area contributed by atoms with E-state index in [0.29, 0.717) is 29.5 Å². The van der Waals surface area contributed by atoms with Gasteiger partial charge in [0.25, 0.3) is 5.91 Å². The molecule has 1 atom stereocenters. The first-order valence-electron chi connectivity index (χ1n) is 8.97. The number of nitrogens with zero attached hydrogens (tertiary/aromatic N) is 2. The Morgan fingerprint density at radius 3 is 2.61 bits per heavy atom. The molecular weight excluding hydrogens is 360 g/mol. The summed E-state index contributed by atoms with van der Waals surface area (Å²) in [5, 5.41) is 0. The molecule has 2 aromatic carbocycles. The first-order chi connectivity index (χ1) is 13.5. The number of rotatable bonds is 6. The molecule has 0 aliphatic carbocycles. The number of benzene rings is 2. The van der Waals surface area contributed by atoms with Gasteiger partial charge in [0, 0.05) is 19.2 Å². The minimum absolute atomic E-state index is 0.0632. The van der Waals surface area contributed by atoms with Gasteiger partial charge < -0.3 is 19.1 Å². The average Bonchev–Trinajstić information content (AvgIpc) is 2.70. The average molecular weight is 384 g/mol. The van der Waals surface area contributed by atoms with E-state index < -0.39 is 6.10 Å². The highest BCUT2D eigenvalue weighted by molar-refractivity contribution is 6.03. The predicted molar refractivity (Wildman–Crippen MR) is 105 cm³/mol. The van der Waals surface area contributed by atoms with Crippen LogP contribution in [0.3, 0.4) is 0 Å². The van der Waals surface area contributed by atoms with E-state index in [9.17, 15) is 9.59 Å². The van der Waals surface area contributed by atoms with Crippen LogP contribution in [-0.4, -0.2) is 50.6 Å². The molecular formula is C21H24N2O5. The molecule has 0 fully saturated rings. The highest BCUT2D eigenvalue weighted by atomic mass is 16.5. The van der Waals surface area contributed by atoms with Crippen LogP contribution in [0, 0.1) is 0 Å². The zero-order chi connectivity index (χ0) is 20.3. The Labute approximate surface area is 164 Å². The van der Waals surface area contributed by atoms with Crippen molar-refractivity contribution in [2.24, 2.45) is 0 Å². The number of hydrogen-bond donors (Lipinski definition) is 0. The van der Waals surface area contributed by atoms with Crippen LogP contribution in [0.15, 0.2) is 42.5 Å². The number of carbonyl (C=O) groups is 2. The summed E-state index contributed by atoms with van der Waals surface area (Å²) < 4.78 is 16.4. The molecule has 0 N–H and O–H groups in total. The summed E-state index contributed by atoms with van der Waals surface area (Å²) in [6.45, 7) is 1.95. The normalized spacial score (nSPS) is 15.5. The largest absolute Gasteiger partial charge is 0.493 e. The van der Waals surface area contributed by atoms with Crippen molar-refractivity contribution in [3.63, 3.8) is 0 Å². The summed E-state index contributed by atoms with van der Waals surface area (Å²) in [7, 11) is 4.83. The van der Waals surface area contributed by atoms with Gasteiger partial charge in [0.1, 0.15) is 12.3 Å². The Balaban J connectivity index is 1.77. The van der Waals surface area contributed by atoms with Crippen LogP contribution in [0.25, 0.3) is 0 Å². The number of hydrogen-bond acceptors (Lipinski definition) is 5. The van der Waals surface area contributed by atoms with E-state index in [0.717, 1.165) is 5.56 Å². The third-order valence-electron chi connectivity index (χ3n) is 4.68. The van der Waals surface area contributed by atoms with Gasteiger partial charge in [0.15, 0.2) is 17.6 Å². The SMILES string of the molecule is COc1cccc(CN(C)C(=O)CN2C(=O)C(C)Oc3ccccc32)c1OC. The van der Waals surface area contributed by atoms with Crippen LogP contribution in [0.2, 0.25) is 0 Å². The van der Waals surface area contributed by atoms with Crippen molar-refractivity contribution >= 4 is 17.5 Å². The molecule has 28 heavy (non-hydrogen) atoms. The Bertz CT molecular complexity index is 883. The van der Waals surface area contributed by atoms with Crippen molar-refractivity contribution in [3.05, 3.63) is 48.0 Å². The van der Waals surface area contributed by atoms with Crippen LogP contribution in [0.5, 0.6) is 17.2 Å². The van der Waals surface area contributed by atoms with Gasteiger partial charge in [-0.1, -0.05) is 24.3 Å². The maximum absolute atomic E-state index is 12.9. The summed E-state index contributed by atoms with van der Waals surface area (Å²) in [5.41, 5.74) is 1.42. The predicted octanol–water partition coefficient (Wildman–Crippen LogP) is 2.48. The molecule has 148 valence electrons. The first-order valence-corrected chi connectivity index (χ1v) is 8.97. The fraction of sp³-hybridized carbons (Fsp3) is 0.333. The van der Waals surface area contributed by atoms with Crippen molar-refractivity contribution in [1.82, 2.24) is 4.90 Å². The van der Waals surface area contributed by atoms with Gasteiger partial charge in [-0.15, -0.1) is 0 Å². The molecule has 1 heterocycles. The molecule has 7 nitrogen and oxygen atoms in total. The minimum atomic E-state index is -0.633. The summed E-state index contributed by atoms with van der Waals surface area (Å²) in [5.74, 6) is 1.36. The topological polar surface area (TPSA) is 68.3 Å². The number of anilines is 1. The molecule has 1 aliphatic heterocycles. The fourth-order valence-electron chi connectivity index (χ4n) is 3.20. The van der Waals surface area contributed by atoms with E-state index in [2.05, 4.69) is 0 Å². The summed E-state index contributed by atoms with van der Waals surface area (Å²) in [6.07, 6.45) is -0.633. The summed E-state index contributed by atoms with van der Waals surface area (Å²) in [6, 6.07) is 12.7. The molecule has 0 radical (unpaired) electrons. The number of para-hydroxylation sites is 3. The Morgan fingerprint density at radius 1 is 1.14 bits per heavy atom. The van der Waals surface area contributed by atoms with Crippen molar-refractivity contribution in [2.75, 3.05) is 32.7 Å². The summed E-state index contributed by atoms with van der Waals surface area (Å²) >= 11 is 0. The van der Waals surface area contributed by atoms with Crippen LogP contribution < -0.4 is 19.1 Å². The number of amides is 2. The van der Waals surface area contributed by atoms with Gasteiger partial charge in [0.2, 0.25) is 5.91 Å². The van der Waals surface area contributed by atoms with Gasteiger partial charge in [-0.05, 0) is 25.1 Å². The lowest BCUT2D eigenvalue weighted by atomic mass is 10.1. The van der Waals surface area contributed by atoms with E-state index in [4.69, 9.17) is 14.2 Å². The van der Waals surface area contributed by atoms with Crippen molar-refractivity contribution in [3.8, 4) is 17.2 Å². The molecule has 1 aliphatic rings. The number of methoxy groups -OCH3 is 2. The van der Waals surface area contributed by atoms with Gasteiger partial charge in [-0.3, -0.25) is 14.5 Å². The highest BCUT2D eigenvalue weighted by Crippen LogP contribution is 2.34. The number of ether oxygens (including phenoxy) is 3. The highest BCUT2D eigenvalue weighted by Gasteiger charge is 2.33. The van der Waals surface area contributed by atoms with Crippen LogP contribution in [0.4, 0.5) is 5.69 Å².